The first kappa shape index (κ1) is 17.6. The number of anilines is 1. The minimum Gasteiger partial charge on any atom is -0.362 e. The Hall–Kier alpha value is -3.22. The summed E-state index contributed by atoms with van der Waals surface area (Å²) < 4.78 is 13.6. The molecule has 26 heavy (non-hydrogen) atoms. The summed E-state index contributed by atoms with van der Waals surface area (Å²) in [6.07, 6.45) is 2.82. The lowest BCUT2D eigenvalue weighted by molar-refractivity contribution is -0.384. The molecule has 2 aromatic rings. The number of nitrogens with zero attached hydrogens (tertiary/aromatic N) is 3. The van der Waals surface area contributed by atoms with Crippen molar-refractivity contribution in [2.45, 2.75) is 0 Å². The van der Waals surface area contributed by atoms with E-state index in [-0.39, 0.29) is 17.4 Å². The van der Waals surface area contributed by atoms with Gasteiger partial charge in [0.05, 0.1) is 4.92 Å². The highest BCUT2D eigenvalue weighted by atomic mass is 19.1. The van der Waals surface area contributed by atoms with Gasteiger partial charge in [-0.1, -0.05) is 30.3 Å². The predicted molar refractivity (Wildman–Crippen MR) is 97.3 cm³/mol. The number of amides is 1. The van der Waals surface area contributed by atoms with Gasteiger partial charge in [-0.3, -0.25) is 14.9 Å². The maximum Gasteiger partial charge on any atom is 0.292 e. The average molecular weight is 355 g/mol. The van der Waals surface area contributed by atoms with E-state index in [9.17, 15) is 19.3 Å². The van der Waals surface area contributed by atoms with Crippen LogP contribution in [0, 0.1) is 15.9 Å². The normalized spacial score (nSPS) is 14.7. The van der Waals surface area contributed by atoms with Crippen molar-refractivity contribution in [1.82, 2.24) is 4.90 Å². The second-order valence-electron chi connectivity index (χ2n) is 5.91. The third-order valence-corrected chi connectivity index (χ3v) is 4.32. The summed E-state index contributed by atoms with van der Waals surface area (Å²) in [6.45, 7) is 1.91. The number of halogens is 1. The van der Waals surface area contributed by atoms with Gasteiger partial charge in [-0.25, -0.2) is 4.39 Å². The highest BCUT2D eigenvalue weighted by molar-refractivity contribution is 5.92. The number of carbonyl (C=O) groups excluding carboxylic acids is 1. The molecule has 3 rings (SSSR count). The van der Waals surface area contributed by atoms with E-state index >= 15 is 0 Å². The van der Waals surface area contributed by atoms with Gasteiger partial charge >= 0.3 is 0 Å². The summed E-state index contributed by atoms with van der Waals surface area (Å²) in [5.41, 5.74) is 0.984. The lowest BCUT2D eigenvalue weighted by Gasteiger charge is -2.35. The Morgan fingerprint density at radius 3 is 2.38 bits per heavy atom. The summed E-state index contributed by atoms with van der Waals surface area (Å²) in [7, 11) is 0. The van der Waals surface area contributed by atoms with Crippen LogP contribution < -0.4 is 4.90 Å². The Labute approximate surface area is 150 Å². The van der Waals surface area contributed by atoms with E-state index in [1.54, 1.807) is 41.3 Å². The first-order valence-electron chi connectivity index (χ1n) is 8.26. The Morgan fingerprint density at radius 2 is 1.69 bits per heavy atom. The number of benzene rings is 2. The molecule has 1 saturated heterocycles. The molecule has 0 aromatic heterocycles. The maximum absolute atomic E-state index is 13.6. The van der Waals surface area contributed by atoms with Gasteiger partial charge in [0.2, 0.25) is 5.91 Å². The smallest absolute Gasteiger partial charge is 0.292 e. The van der Waals surface area contributed by atoms with Crippen molar-refractivity contribution >= 4 is 23.4 Å². The fraction of sp³-hybridized carbons (Fsp3) is 0.211. The zero-order valence-electron chi connectivity index (χ0n) is 14.0. The molecule has 0 aliphatic carbocycles. The first-order chi connectivity index (χ1) is 12.6. The number of para-hydroxylation sites is 2. The standard InChI is InChI=1S/C19H18FN3O3/c20-16-6-2-1-5-15(16)9-10-19(24)22-13-11-21(12-14-22)17-7-3-4-8-18(17)23(25)26/h1-10H,11-14H2/b10-9+. The van der Waals surface area contributed by atoms with E-state index in [0.717, 1.165) is 0 Å². The molecule has 0 saturated carbocycles. The van der Waals surface area contributed by atoms with Crippen LogP contribution >= 0.6 is 0 Å². The Balaban J connectivity index is 1.63. The molecule has 6 nitrogen and oxygen atoms in total. The van der Waals surface area contributed by atoms with Gasteiger partial charge in [-0.15, -0.1) is 0 Å². The van der Waals surface area contributed by atoms with E-state index in [1.807, 2.05) is 4.90 Å². The van der Waals surface area contributed by atoms with Crippen LogP contribution in [-0.2, 0) is 4.79 Å². The Kier molecular flexibility index (Phi) is 5.26. The van der Waals surface area contributed by atoms with E-state index in [2.05, 4.69) is 0 Å². The van der Waals surface area contributed by atoms with Gasteiger partial charge in [0.1, 0.15) is 11.5 Å². The van der Waals surface area contributed by atoms with Crippen LogP contribution in [0.25, 0.3) is 6.08 Å². The van der Waals surface area contributed by atoms with Crippen LogP contribution in [0.15, 0.2) is 54.6 Å². The molecule has 7 heteroatoms. The number of nitro benzene ring substituents is 1. The van der Waals surface area contributed by atoms with Gasteiger partial charge in [-0.05, 0) is 18.2 Å². The molecule has 0 unspecified atom stereocenters. The van der Waals surface area contributed by atoms with Crippen LogP contribution in [0.1, 0.15) is 5.56 Å². The van der Waals surface area contributed by atoms with Crippen molar-refractivity contribution in [2.75, 3.05) is 31.1 Å². The number of nitro groups is 1. The van der Waals surface area contributed by atoms with Gasteiger partial charge < -0.3 is 9.80 Å². The molecule has 1 amide bonds. The summed E-state index contributed by atoms with van der Waals surface area (Å²) in [6, 6.07) is 12.8. The fourth-order valence-electron chi connectivity index (χ4n) is 2.93. The molecule has 0 spiro atoms. The van der Waals surface area contributed by atoms with Crippen LogP contribution in [-0.4, -0.2) is 41.9 Å². The zero-order chi connectivity index (χ0) is 18.5. The largest absolute Gasteiger partial charge is 0.362 e. The first-order valence-corrected chi connectivity index (χ1v) is 8.26. The minimum atomic E-state index is -0.399. The molecular formula is C19H18FN3O3. The van der Waals surface area contributed by atoms with Gasteiger partial charge in [-0.2, -0.15) is 0 Å². The molecule has 134 valence electrons. The molecule has 0 bridgehead atoms. The minimum absolute atomic E-state index is 0.0618. The maximum atomic E-state index is 13.6. The SMILES string of the molecule is O=C(/C=C/c1ccccc1F)N1CCN(c2ccccc2[N+](=O)[O-])CC1. The summed E-state index contributed by atoms with van der Waals surface area (Å²) in [4.78, 5) is 26.6. The lowest BCUT2D eigenvalue weighted by atomic mass is 10.2. The number of hydrogen-bond acceptors (Lipinski definition) is 4. The molecule has 1 aliphatic heterocycles. The molecule has 1 aliphatic rings. The molecule has 2 aromatic carbocycles. The summed E-state index contributed by atoms with van der Waals surface area (Å²) in [5.74, 6) is -0.576. The van der Waals surface area contributed by atoms with Crippen molar-refractivity contribution in [2.24, 2.45) is 0 Å². The average Bonchev–Trinajstić information content (AvgIpc) is 2.67. The number of rotatable bonds is 4. The van der Waals surface area contributed by atoms with Crippen molar-refractivity contribution in [1.29, 1.82) is 0 Å². The number of carbonyl (C=O) groups is 1. The quantitative estimate of drug-likeness (QED) is 0.480. The van der Waals surface area contributed by atoms with Gasteiger partial charge in [0, 0.05) is 43.9 Å². The number of hydrogen-bond donors (Lipinski definition) is 0. The lowest BCUT2D eigenvalue weighted by Crippen LogP contribution is -2.48. The molecule has 1 heterocycles. The predicted octanol–water partition coefficient (Wildman–Crippen LogP) is 3.10. The molecular weight excluding hydrogens is 337 g/mol. The van der Waals surface area contributed by atoms with E-state index in [0.29, 0.717) is 37.4 Å². The molecule has 0 radical (unpaired) electrons. The van der Waals surface area contributed by atoms with Crippen LogP contribution in [0.2, 0.25) is 0 Å². The van der Waals surface area contributed by atoms with Crippen LogP contribution in [0.5, 0.6) is 0 Å². The van der Waals surface area contributed by atoms with Crippen LogP contribution in [0.3, 0.4) is 0 Å². The zero-order valence-corrected chi connectivity index (χ0v) is 14.0. The van der Waals surface area contributed by atoms with Crippen LogP contribution in [0.4, 0.5) is 15.8 Å². The third-order valence-electron chi connectivity index (χ3n) is 4.32. The van der Waals surface area contributed by atoms with Crippen molar-refractivity contribution < 1.29 is 14.1 Å². The van der Waals surface area contributed by atoms with E-state index in [1.165, 1.54) is 24.3 Å². The second kappa shape index (κ2) is 7.77. The highest BCUT2D eigenvalue weighted by Crippen LogP contribution is 2.28. The molecule has 0 N–H and O–H groups in total. The Bertz CT molecular complexity index is 845. The number of piperazine rings is 1. The highest BCUT2D eigenvalue weighted by Gasteiger charge is 2.24. The van der Waals surface area contributed by atoms with Gasteiger partial charge in [0.25, 0.3) is 5.69 Å². The van der Waals surface area contributed by atoms with Crippen molar-refractivity contribution in [3.8, 4) is 0 Å². The third kappa shape index (κ3) is 3.88. The molecule has 1 fully saturated rings. The van der Waals surface area contributed by atoms with E-state index < -0.39 is 4.92 Å². The second-order valence-corrected chi connectivity index (χ2v) is 5.91. The summed E-state index contributed by atoms with van der Waals surface area (Å²) >= 11 is 0. The van der Waals surface area contributed by atoms with Crippen molar-refractivity contribution in [3.63, 3.8) is 0 Å². The fourth-order valence-corrected chi connectivity index (χ4v) is 2.93. The van der Waals surface area contributed by atoms with Crippen molar-refractivity contribution in [3.05, 3.63) is 76.1 Å². The summed E-state index contributed by atoms with van der Waals surface area (Å²) in [5, 5.41) is 11.2. The topological polar surface area (TPSA) is 66.7 Å². The Morgan fingerprint density at radius 1 is 1.04 bits per heavy atom. The molecule has 0 atom stereocenters. The van der Waals surface area contributed by atoms with Gasteiger partial charge in [0.15, 0.2) is 0 Å². The monoisotopic (exact) mass is 355 g/mol. The van der Waals surface area contributed by atoms with E-state index in [4.69, 9.17) is 0 Å².